The van der Waals surface area contributed by atoms with Crippen molar-refractivity contribution in [3.8, 4) is 0 Å². The van der Waals surface area contributed by atoms with E-state index >= 15 is 0 Å². The normalized spacial score (nSPS) is 12.2. The molecule has 0 bridgehead atoms. The maximum Gasteiger partial charge on any atom is 0.254 e. The first-order valence-corrected chi connectivity index (χ1v) is 5.50. The van der Waals surface area contributed by atoms with Crippen LogP contribution in [0.1, 0.15) is 17.3 Å². The van der Waals surface area contributed by atoms with E-state index in [2.05, 4.69) is 10.3 Å². The zero-order valence-corrected chi connectivity index (χ0v) is 10.4. The molecule has 1 aromatic rings. The van der Waals surface area contributed by atoms with Crippen molar-refractivity contribution < 1.29 is 13.9 Å². The maximum absolute atomic E-state index is 12.9. The van der Waals surface area contributed by atoms with Gasteiger partial charge in [-0.2, -0.15) is 0 Å². The van der Waals surface area contributed by atoms with Crippen LogP contribution in [0.25, 0.3) is 0 Å². The molecule has 6 heteroatoms. The Labute approximate surface area is 104 Å². The monoisotopic (exact) mass is 260 g/mol. The van der Waals surface area contributed by atoms with Crippen LogP contribution < -0.4 is 5.32 Å². The minimum Gasteiger partial charge on any atom is -0.384 e. The lowest BCUT2D eigenvalue weighted by Gasteiger charge is -2.11. The van der Waals surface area contributed by atoms with Gasteiger partial charge in [0.25, 0.3) is 5.91 Å². The summed E-state index contributed by atoms with van der Waals surface area (Å²) >= 11 is 5.70. The number of hydrogen-bond acceptors (Lipinski definition) is 3. The summed E-state index contributed by atoms with van der Waals surface area (Å²) in [6.45, 7) is 2.89. The van der Waals surface area contributed by atoms with Gasteiger partial charge in [0, 0.05) is 13.7 Å². The van der Waals surface area contributed by atoms with Gasteiger partial charge in [-0.3, -0.25) is 4.79 Å². The summed E-state index contributed by atoms with van der Waals surface area (Å²) in [4.78, 5) is 15.3. The summed E-state index contributed by atoms with van der Waals surface area (Å²) in [5, 5.41) is 2.63. The molecule has 0 fully saturated rings. The first kappa shape index (κ1) is 13.9. The first-order chi connectivity index (χ1) is 8.04. The van der Waals surface area contributed by atoms with E-state index in [1.165, 1.54) is 0 Å². The molecule has 94 valence electrons. The van der Waals surface area contributed by atoms with Gasteiger partial charge < -0.3 is 10.1 Å². The second kappa shape index (κ2) is 6.51. The van der Waals surface area contributed by atoms with Gasteiger partial charge in [-0.1, -0.05) is 18.5 Å². The number of nitrogens with zero attached hydrogens (tertiary/aromatic N) is 1. The van der Waals surface area contributed by atoms with E-state index in [1.54, 1.807) is 7.11 Å². The number of ether oxygens (including phenoxy) is 1. The molecule has 0 spiro atoms. The molecule has 17 heavy (non-hydrogen) atoms. The van der Waals surface area contributed by atoms with E-state index in [0.717, 1.165) is 12.3 Å². The van der Waals surface area contributed by atoms with Crippen LogP contribution in [0.5, 0.6) is 0 Å². The first-order valence-electron chi connectivity index (χ1n) is 5.12. The van der Waals surface area contributed by atoms with Crippen LogP contribution in [-0.2, 0) is 4.74 Å². The molecular weight excluding hydrogens is 247 g/mol. The number of nitrogens with one attached hydrogen (secondary N) is 1. The standard InChI is InChI=1S/C11H14ClFN2O2/c1-7(6-17-2)4-15-11(16)9-3-8(13)5-14-10(9)12/h3,5,7H,4,6H2,1-2H3,(H,15,16). The third kappa shape index (κ3) is 4.28. The van der Waals surface area contributed by atoms with E-state index in [1.807, 2.05) is 6.92 Å². The Bertz CT molecular complexity index is 401. The number of carbonyl (C=O) groups excluding carboxylic acids is 1. The number of aromatic nitrogens is 1. The average molecular weight is 261 g/mol. The number of methoxy groups -OCH3 is 1. The highest BCUT2D eigenvalue weighted by Crippen LogP contribution is 2.13. The number of pyridine rings is 1. The predicted molar refractivity (Wildman–Crippen MR) is 62.6 cm³/mol. The lowest BCUT2D eigenvalue weighted by Crippen LogP contribution is -2.30. The summed E-state index contributed by atoms with van der Waals surface area (Å²) in [6.07, 6.45) is 0.965. The zero-order chi connectivity index (χ0) is 12.8. The number of amides is 1. The smallest absolute Gasteiger partial charge is 0.254 e. The van der Waals surface area contributed by atoms with Crippen molar-refractivity contribution in [3.63, 3.8) is 0 Å². The number of hydrogen-bond donors (Lipinski definition) is 1. The van der Waals surface area contributed by atoms with Crippen LogP contribution in [0.2, 0.25) is 5.15 Å². The predicted octanol–water partition coefficient (Wildman–Crippen LogP) is 1.89. The summed E-state index contributed by atoms with van der Waals surface area (Å²) in [5.74, 6) is -0.862. The van der Waals surface area contributed by atoms with Crippen LogP contribution in [0, 0.1) is 11.7 Å². The van der Waals surface area contributed by atoms with Gasteiger partial charge in [-0.15, -0.1) is 0 Å². The summed E-state index contributed by atoms with van der Waals surface area (Å²) in [7, 11) is 1.59. The van der Waals surface area contributed by atoms with Gasteiger partial charge in [-0.25, -0.2) is 9.37 Å². The van der Waals surface area contributed by atoms with E-state index in [9.17, 15) is 9.18 Å². The van der Waals surface area contributed by atoms with Crippen molar-refractivity contribution in [2.75, 3.05) is 20.3 Å². The number of carbonyl (C=O) groups is 1. The van der Waals surface area contributed by atoms with E-state index in [-0.39, 0.29) is 16.6 Å². The Hall–Kier alpha value is -1.20. The van der Waals surface area contributed by atoms with Gasteiger partial charge in [0.1, 0.15) is 11.0 Å². The molecule has 0 aliphatic carbocycles. The van der Waals surface area contributed by atoms with Crippen molar-refractivity contribution in [1.82, 2.24) is 10.3 Å². The second-order valence-electron chi connectivity index (χ2n) is 3.76. The van der Waals surface area contributed by atoms with Crippen LogP contribution in [0.3, 0.4) is 0 Å². The fraction of sp³-hybridized carbons (Fsp3) is 0.455. The topological polar surface area (TPSA) is 51.2 Å². The molecule has 1 unspecified atom stereocenters. The van der Waals surface area contributed by atoms with Gasteiger partial charge in [0.05, 0.1) is 18.4 Å². The highest BCUT2D eigenvalue weighted by atomic mass is 35.5. The molecule has 1 heterocycles. The Kier molecular flexibility index (Phi) is 5.31. The third-order valence-electron chi connectivity index (χ3n) is 2.11. The van der Waals surface area contributed by atoms with Gasteiger partial charge >= 0.3 is 0 Å². The minimum absolute atomic E-state index is 0.0108. The summed E-state index contributed by atoms with van der Waals surface area (Å²) < 4.78 is 17.8. The molecule has 1 atom stereocenters. The third-order valence-corrected chi connectivity index (χ3v) is 2.41. The van der Waals surface area contributed by atoms with E-state index in [4.69, 9.17) is 16.3 Å². The second-order valence-corrected chi connectivity index (χ2v) is 4.12. The molecule has 0 saturated heterocycles. The van der Waals surface area contributed by atoms with Crippen LogP contribution in [0.4, 0.5) is 4.39 Å². The van der Waals surface area contributed by atoms with E-state index in [0.29, 0.717) is 13.2 Å². The lowest BCUT2D eigenvalue weighted by molar-refractivity contribution is 0.0933. The fourth-order valence-corrected chi connectivity index (χ4v) is 1.48. The average Bonchev–Trinajstić information content (AvgIpc) is 2.29. The maximum atomic E-state index is 12.9. The zero-order valence-electron chi connectivity index (χ0n) is 9.67. The fourth-order valence-electron chi connectivity index (χ4n) is 1.29. The molecule has 0 aromatic carbocycles. The van der Waals surface area contributed by atoms with Gasteiger partial charge in [0.15, 0.2) is 0 Å². The largest absolute Gasteiger partial charge is 0.384 e. The molecule has 1 N–H and O–H groups in total. The molecule has 0 aliphatic heterocycles. The Morgan fingerprint density at radius 2 is 2.41 bits per heavy atom. The van der Waals surface area contributed by atoms with E-state index < -0.39 is 11.7 Å². The number of rotatable bonds is 5. The Balaban J connectivity index is 2.61. The lowest BCUT2D eigenvalue weighted by atomic mass is 10.2. The molecule has 1 aromatic heterocycles. The molecule has 0 radical (unpaired) electrons. The quantitative estimate of drug-likeness (QED) is 0.823. The molecular formula is C11H14ClFN2O2. The summed E-state index contributed by atoms with van der Waals surface area (Å²) in [5.41, 5.74) is 0.0382. The van der Waals surface area contributed by atoms with Crippen molar-refractivity contribution >= 4 is 17.5 Å². The molecule has 1 amide bonds. The molecule has 4 nitrogen and oxygen atoms in total. The van der Waals surface area contributed by atoms with Crippen molar-refractivity contribution in [2.45, 2.75) is 6.92 Å². The highest BCUT2D eigenvalue weighted by molar-refractivity contribution is 6.32. The van der Waals surface area contributed by atoms with Crippen LogP contribution >= 0.6 is 11.6 Å². The Morgan fingerprint density at radius 3 is 3.06 bits per heavy atom. The number of halogens is 2. The van der Waals surface area contributed by atoms with Crippen LogP contribution in [-0.4, -0.2) is 31.2 Å². The van der Waals surface area contributed by atoms with Crippen LogP contribution in [0.15, 0.2) is 12.3 Å². The van der Waals surface area contributed by atoms with Crippen molar-refractivity contribution in [2.24, 2.45) is 5.92 Å². The SMILES string of the molecule is COCC(C)CNC(=O)c1cc(F)cnc1Cl. The molecule has 1 rings (SSSR count). The van der Waals surface area contributed by atoms with Crippen molar-refractivity contribution in [3.05, 3.63) is 28.8 Å². The molecule has 0 saturated carbocycles. The van der Waals surface area contributed by atoms with Crippen molar-refractivity contribution in [1.29, 1.82) is 0 Å². The van der Waals surface area contributed by atoms with Gasteiger partial charge in [-0.05, 0) is 12.0 Å². The minimum atomic E-state index is -0.593. The Morgan fingerprint density at radius 1 is 1.71 bits per heavy atom. The van der Waals surface area contributed by atoms with Gasteiger partial charge in [0.2, 0.25) is 0 Å². The highest BCUT2D eigenvalue weighted by Gasteiger charge is 2.13. The summed E-state index contributed by atoms with van der Waals surface area (Å²) in [6, 6.07) is 1.06. The molecule has 0 aliphatic rings.